The smallest absolute Gasteiger partial charge is 0.253 e. The van der Waals surface area contributed by atoms with Gasteiger partial charge in [0.05, 0.1) is 22.2 Å². The Hall–Kier alpha value is -1.04. The Bertz CT molecular complexity index is 368. The number of rotatable bonds is 1. The molecular weight excluding hydrogens is 197 g/mol. The molecule has 2 nitrogen and oxygen atoms in total. The molecule has 0 bridgehead atoms. The van der Waals surface area contributed by atoms with Gasteiger partial charge in [0.1, 0.15) is 0 Å². The van der Waals surface area contributed by atoms with Gasteiger partial charge in [-0.3, -0.25) is 4.79 Å². The van der Waals surface area contributed by atoms with E-state index in [0.717, 1.165) is 0 Å². The van der Waals surface area contributed by atoms with Crippen molar-refractivity contribution in [2.24, 2.45) is 0 Å². The first-order valence-corrected chi connectivity index (χ1v) is 3.80. The van der Waals surface area contributed by atoms with E-state index in [0.29, 0.717) is 5.56 Å². The highest BCUT2D eigenvalue weighted by Crippen LogP contribution is 2.18. The van der Waals surface area contributed by atoms with Crippen molar-refractivity contribution in [3.05, 3.63) is 34.3 Å². The largest absolute Gasteiger partial charge is 0.276 e. The molecule has 0 aromatic heterocycles. The summed E-state index contributed by atoms with van der Waals surface area (Å²) in [5, 5.41) is 8.05. The second-order valence-corrected chi connectivity index (χ2v) is 2.83. The lowest BCUT2D eigenvalue weighted by molar-refractivity contribution is 0.108. The Morgan fingerprint density at radius 1 is 1.50 bits per heavy atom. The minimum absolute atomic E-state index is 0.203. The van der Waals surface area contributed by atoms with Crippen molar-refractivity contribution in [3.63, 3.8) is 0 Å². The monoisotopic (exact) mass is 199 g/mol. The SMILES string of the molecule is N#Cc1ccc(C(=O)Cl)c(Cl)c1. The second-order valence-electron chi connectivity index (χ2n) is 2.08. The van der Waals surface area contributed by atoms with E-state index >= 15 is 0 Å². The molecule has 0 aliphatic carbocycles. The summed E-state index contributed by atoms with van der Waals surface area (Å²) in [4.78, 5) is 10.7. The number of nitriles is 1. The van der Waals surface area contributed by atoms with Gasteiger partial charge in [-0.2, -0.15) is 5.26 Å². The Kier molecular flexibility index (Phi) is 2.69. The molecule has 0 saturated heterocycles. The molecule has 0 saturated carbocycles. The van der Waals surface area contributed by atoms with Crippen LogP contribution in [-0.4, -0.2) is 5.24 Å². The van der Waals surface area contributed by atoms with Gasteiger partial charge in [-0.1, -0.05) is 11.6 Å². The van der Waals surface area contributed by atoms with E-state index in [1.807, 2.05) is 6.07 Å². The highest BCUT2D eigenvalue weighted by Gasteiger charge is 2.07. The van der Waals surface area contributed by atoms with E-state index in [1.165, 1.54) is 18.2 Å². The van der Waals surface area contributed by atoms with Crippen LogP contribution in [0.3, 0.4) is 0 Å². The quantitative estimate of drug-likeness (QED) is 0.653. The van der Waals surface area contributed by atoms with Crippen LogP contribution in [0.1, 0.15) is 15.9 Å². The molecule has 60 valence electrons. The van der Waals surface area contributed by atoms with E-state index in [4.69, 9.17) is 28.5 Å². The minimum Gasteiger partial charge on any atom is -0.276 e. The molecule has 0 amide bonds. The molecule has 0 spiro atoms. The van der Waals surface area contributed by atoms with Crippen molar-refractivity contribution in [3.8, 4) is 6.07 Å². The summed E-state index contributed by atoms with van der Waals surface area (Å²) < 4.78 is 0. The first kappa shape index (κ1) is 9.05. The molecule has 0 N–H and O–H groups in total. The Morgan fingerprint density at radius 2 is 2.17 bits per heavy atom. The van der Waals surface area contributed by atoms with Crippen LogP contribution < -0.4 is 0 Å². The van der Waals surface area contributed by atoms with Crippen LogP contribution in [0.15, 0.2) is 18.2 Å². The van der Waals surface area contributed by atoms with Gasteiger partial charge in [-0.15, -0.1) is 0 Å². The third kappa shape index (κ3) is 1.76. The number of nitrogens with zero attached hydrogens (tertiary/aromatic N) is 1. The third-order valence-electron chi connectivity index (χ3n) is 1.31. The Balaban J connectivity index is 3.23. The molecule has 0 heterocycles. The van der Waals surface area contributed by atoms with E-state index in [9.17, 15) is 4.79 Å². The molecule has 0 fully saturated rings. The van der Waals surface area contributed by atoms with E-state index in [1.54, 1.807) is 0 Å². The summed E-state index contributed by atoms with van der Waals surface area (Å²) >= 11 is 10.8. The van der Waals surface area contributed by atoms with Gasteiger partial charge in [-0.25, -0.2) is 0 Å². The van der Waals surface area contributed by atoms with Crippen molar-refractivity contribution >= 4 is 28.4 Å². The van der Waals surface area contributed by atoms with Crippen molar-refractivity contribution < 1.29 is 4.79 Å². The van der Waals surface area contributed by atoms with Gasteiger partial charge in [0.2, 0.25) is 0 Å². The topological polar surface area (TPSA) is 40.9 Å². The number of hydrogen-bond donors (Lipinski definition) is 0. The van der Waals surface area contributed by atoms with Crippen molar-refractivity contribution in [2.45, 2.75) is 0 Å². The summed E-state index contributed by atoms with van der Waals surface area (Å²) in [6, 6.07) is 6.21. The van der Waals surface area contributed by atoms with Crippen LogP contribution in [0.4, 0.5) is 0 Å². The van der Waals surface area contributed by atoms with Crippen LogP contribution in [0.2, 0.25) is 5.02 Å². The molecule has 0 aliphatic heterocycles. The first-order valence-electron chi connectivity index (χ1n) is 3.04. The predicted octanol–water partition coefficient (Wildman–Crippen LogP) is 2.59. The van der Waals surface area contributed by atoms with Crippen LogP contribution in [-0.2, 0) is 0 Å². The molecule has 1 rings (SSSR count). The first-order chi connectivity index (χ1) is 5.65. The van der Waals surface area contributed by atoms with Gasteiger partial charge in [0.25, 0.3) is 5.24 Å². The second kappa shape index (κ2) is 3.57. The molecule has 12 heavy (non-hydrogen) atoms. The minimum atomic E-state index is -0.621. The number of hydrogen-bond acceptors (Lipinski definition) is 2. The predicted molar refractivity (Wildman–Crippen MR) is 46.4 cm³/mol. The fourth-order valence-electron chi connectivity index (χ4n) is 0.744. The van der Waals surface area contributed by atoms with Crippen LogP contribution in [0, 0.1) is 11.3 Å². The summed E-state index contributed by atoms with van der Waals surface area (Å²) in [6.07, 6.45) is 0. The van der Waals surface area contributed by atoms with Crippen molar-refractivity contribution in [1.29, 1.82) is 5.26 Å². The number of halogens is 2. The number of carbonyl (C=O) groups is 1. The van der Waals surface area contributed by atoms with E-state index < -0.39 is 5.24 Å². The average molecular weight is 200 g/mol. The van der Waals surface area contributed by atoms with Gasteiger partial charge >= 0.3 is 0 Å². The fraction of sp³-hybridized carbons (Fsp3) is 0. The Labute approximate surface area is 79.3 Å². The summed E-state index contributed by atoms with van der Waals surface area (Å²) in [5.74, 6) is 0. The normalized spacial score (nSPS) is 9.08. The third-order valence-corrected chi connectivity index (χ3v) is 1.83. The number of benzene rings is 1. The van der Waals surface area contributed by atoms with Crippen LogP contribution >= 0.6 is 23.2 Å². The lowest BCUT2D eigenvalue weighted by Gasteiger charge is -1.96. The molecule has 0 unspecified atom stereocenters. The van der Waals surface area contributed by atoms with Crippen molar-refractivity contribution in [1.82, 2.24) is 0 Å². The standard InChI is InChI=1S/C8H3Cl2NO/c9-7-3-5(4-11)1-2-6(7)8(10)12/h1-3H. The van der Waals surface area contributed by atoms with Gasteiger partial charge in [-0.05, 0) is 29.8 Å². The maximum Gasteiger partial charge on any atom is 0.253 e. The van der Waals surface area contributed by atoms with Gasteiger partial charge in [0, 0.05) is 0 Å². The molecule has 1 aromatic rings. The maximum absolute atomic E-state index is 10.7. The van der Waals surface area contributed by atoms with Gasteiger partial charge in [0.15, 0.2) is 0 Å². The van der Waals surface area contributed by atoms with Gasteiger partial charge < -0.3 is 0 Å². The maximum atomic E-state index is 10.7. The van der Waals surface area contributed by atoms with Crippen LogP contribution in [0.25, 0.3) is 0 Å². The van der Waals surface area contributed by atoms with Crippen molar-refractivity contribution in [2.75, 3.05) is 0 Å². The molecule has 0 atom stereocenters. The summed E-state index contributed by atoms with van der Waals surface area (Å²) in [7, 11) is 0. The fourth-order valence-corrected chi connectivity index (χ4v) is 1.22. The molecule has 1 aromatic carbocycles. The lowest BCUT2D eigenvalue weighted by Crippen LogP contribution is -1.90. The summed E-state index contributed by atoms with van der Waals surface area (Å²) in [6.45, 7) is 0. The Morgan fingerprint density at radius 3 is 2.58 bits per heavy atom. The van der Waals surface area contributed by atoms with Crippen LogP contribution in [0.5, 0.6) is 0 Å². The highest BCUT2D eigenvalue weighted by atomic mass is 35.5. The molecule has 0 aliphatic rings. The highest BCUT2D eigenvalue weighted by molar-refractivity contribution is 6.68. The van der Waals surface area contributed by atoms with E-state index in [-0.39, 0.29) is 10.6 Å². The summed E-state index contributed by atoms with van der Waals surface area (Å²) in [5.41, 5.74) is 0.624. The number of carbonyl (C=O) groups excluding carboxylic acids is 1. The average Bonchev–Trinajstić information content (AvgIpc) is 2.03. The zero-order chi connectivity index (χ0) is 9.14. The molecular formula is C8H3Cl2NO. The molecule has 0 radical (unpaired) electrons. The lowest BCUT2D eigenvalue weighted by atomic mass is 10.2. The van der Waals surface area contributed by atoms with E-state index in [2.05, 4.69) is 0 Å². The zero-order valence-corrected chi connectivity index (χ0v) is 7.36. The molecule has 4 heteroatoms. The zero-order valence-electron chi connectivity index (χ0n) is 5.84.